The molecule has 3 heteroatoms. The molecule has 3 nitrogen and oxygen atoms in total. The van der Waals surface area contributed by atoms with Crippen LogP contribution in [0.1, 0.15) is 27.2 Å². The van der Waals surface area contributed by atoms with Gasteiger partial charge in [-0.25, -0.2) is 0 Å². The molecule has 13 heavy (non-hydrogen) atoms. The van der Waals surface area contributed by atoms with E-state index in [2.05, 4.69) is 20.8 Å². The van der Waals surface area contributed by atoms with Crippen molar-refractivity contribution in [2.24, 2.45) is 35.0 Å². The summed E-state index contributed by atoms with van der Waals surface area (Å²) in [6.45, 7) is 7.79. The molecule has 0 aliphatic rings. The first-order valence-electron chi connectivity index (χ1n) is 5.24. The van der Waals surface area contributed by atoms with Crippen LogP contribution in [0.5, 0.6) is 0 Å². The lowest BCUT2D eigenvalue weighted by molar-refractivity contribution is 0.249. The summed E-state index contributed by atoms with van der Waals surface area (Å²) in [5.41, 5.74) is 17.4. The summed E-state index contributed by atoms with van der Waals surface area (Å²) >= 11 is 0. The smallest absolute Gasteiger partial charge is 0.0120 e. The van der Waals surface area contributed by atoms with Crippen LogP contribution in [0.4, 0.5) is 0 Å². The minimum atomic E-state index is 0.143. The van der Waals surface area contributed by atoms with E-state index in [1.165, 1.54) is 0 Å². The topological polar surface area (TPSA) is 78.1 Å². The fraction of sp³-hybridized carbons (Fsp3) is 1.00. The van der Waals surface area contributed by atoms with E-state index < -0.39 is 0 Å². The van der Waals surface area contributed by atoms with Crippen molar-refractivity contribution in [1.82, 2.24) is 0 Å². The highest BCUT2D eigenvalue weighted by molar-refractivity contribution is 4.82. The fourth-order valence-corrected chi connectivity index (χ4v) is 1.65. The van der Waals surface area contributed by atoms with Gasteiger partial charge in [0.2, 0.25) is 0 Å². The highest BCUT2D eigenvalue weighted by Gasteiger charge is 2.25. The Morgan fingerprint density at radius 3 is 1.85 bits per heavy atom. The molecule has 0 aromatic rings. The summed E-state index contributed by atoms with van der Waals surface area (Å²) in [7, 11) is 0. The highest BCUT2D eigenvalue weighted by atomic mass is 14.7. The Morgan fingerprint density at radius 2 is 1.54 bits per heavy atom. The molecule has 0 amide bonds. The van der Waals surface area contributed by atoms with Crippen molar-refractivity contribution in [3.63, 3.8) is 0 Å². The second-order valence-electron chi connectivity index (χ2n) is 4.08. The fourth-order valence-electron chi connectivity index (χ4n) is 1.65. The maximum Gasteiger partial charge on any atom is 0.0120 e. The van der Waals surface area contributed by atoms with Gasteiger partial charge in [-0.05, 0) is 30.8 Å². The molecule has 0 rings (SSSR count). The molecule has 0 spiro atoms. The summed E-state index contributed by atoms with van der Waals surface area (Å²) in [6, 6.07) is 0.143. The van der Waals surface area contributed by atoms with Crippen molar-refractivity contribution in [1.29, 1.82) is 0 Å². The van der Waals surface area contributed by atoms with Crippen LogP contribution in [-0.2, 0) is 0 Å². The van der Waals surface area contributed by atoms with Gasteiger partial charge in [0.15, 0.2) is 0 Å². The average molecular weight is 187 g/mol. The average Bonchev–Trinajstić information content (AvgIpc) is 2.17. The van der Waals surface area contributed by atoms with Gasteiger partial charge in [0.1, 0.15) is 0 Å². The van der Waals surface area contributed by atoms with Crippen LogP contribution in [-0.4, -0.2) is 19.1 Å². The van der Waals surface area contributed by atoms with Gasteiger partial charge in [-0.1, -0.05) is 27.2 Å². The third-order valence-electron chi connectivity index (χ3n) is 3.17. The zero-order valence-corrected chi connectivity index (χ0v) is 9.16. The minimum absolute atomic E-state index is 0.143. The summed E-state index contributed by atoms with van der Waals surface area (Å²) in [5, 5.41) is 0. The van der Waals surface area contributed by atoms with Gasteiger partial charge in [-0.2, -0.15) is 0 Å². The van der Waals surface area contributed by atoms with Crippen LogP contribution < -0.4 is 17.2 Å². The second-order valence-corrected chi connectivity index (χ2v) is 4.08. The molecule has 0 heterocycles. The van der Waals surface area contributed by atoms with Crippen molar-refractivity contribution in [3.8, 4) is 0 Å². The maximum absolute atomic E-state index is 6.10. The number of nitrogens with two attached hydrogens (primary N) is 3. The van der Waals surface area contributed by atoms with E-state index in [0.29, 0.717) is 30.8 Å². The van der Waals surface area contributed by atoms with Crippen LogP contribution in [0.2, 0.25) is 0 Å². The first kappa shape index (κ1) is 12.9. The molecule has 0 bridgehead atoms. The van der Waals surface area contributed by atoms with Crippen molar-refractivity contribution in [2.45, 2.75) is 33.2 Å². The Morgan fingerprint density at radius 1 is 1.00 bits per heavy atom. The van der Waals surface area contributed by atoms with E-state index in [1.807, 2.05) is 0 Å². The van der Waals surface area contributed by atoms with Gasteiger partial charge in [-0.15, -0.1) is 0 Å². The molecule has 0 aliphatic carbocycles. The van der Waals surface area contributed by atoms with Crippen molar-refractivity contribution >= 4 is 0 Å². The lowest BCUT2D eigenvalue weighted by atomic mass is 9.80. The van der Waals surface area contributed by atoms with Crippen LogP contribution in [0.15, 0.2) is 0 Å². The second kappa shape index (κ2) is 6.35. The Kier molecular flexibility index (Phi) is 6.29. The van der Waals surface area contributed by atoms with Crippen LogP contribution in [0.25, 0.3) is 0 Å². The normalized spacial score (nSPS) is 20.8. The molecule has 4 unspecified atom stereocenters. The van der Waals surface area contributed by atoms with Gasteiger partial charge in [-0.3, -0.25) is 0 Å². The zero-order valence-electron chi connectivity index (χ0n) is 9.16. The van der Waals surface area contributed by atoms with E-state index >= 15 is 0 Å². The lowest BCUT2D eigenvalue weighted by Gasteiger charge is -2.31. The molecule has 0 aliphatic heterocycles. The molecule has 4 atom stereocenters. The van der Waals surface area contributed by atoms with E-state index in [4.69, 9.17) is 17.2 Å². The molecule has 0 saturated heterocycles. The summed E-state index contributed by atoms with van der Waals surface area (Å²) < 4.78 is 0. The monoisotopic (exact) mass is 187 g/mol. The quantitative estimate of drug-likeness (QED) is 0.567. The first-order chi connectivity index (χ1) is 6.08. The van der Waals surface area contributed by atoms with E-state index in [1.54, 1.807) is 0 Å². The summed E-state index contributed by atoms with van der Waals surface area (Å²) in [4.78, 5) is 0. The Bertz CT molecular complexity index is 127. The van der Waals surface area contributed by atoms with E-state index in [0.717, 1.165) is 6.42 Å². The van der Waals surface area contributed by atoms with Gasteiger partial charge < -0.3 is 17.2 Å². The summed E-state index contributed by atoms with van der Waals surface area (Å²) in [6.07, 6.45) is 1.13. The predicted molar refractivity (Wildman–Crippen MR) is 58.2 cm³/mol. The molecular weight excluding hydrogens is 162 g/mol. The van der Waals surface area contributed by atoms with Gasteiger partial charge in [0.05, 0.1) is 0 Å². The predicted octanol–water partition coefficient (Wildman–Crippen LogP) is 0.530. The first-order valence-corrected chi connectivity index (χ1v) is 5.24. The third kappa shape index (κ3) is 3.63. The standard InChI is InChI=1S/C10H25N3/c1-4-7(2)9(6-12)10(13)8(3)5-11/h7-10H,4-6,11-13H2,1-3H3. The Hall–Kier alpha value is -0.120. The van der Waals surface area contributed by atoms with Crippen LogP contribution in [0, 0.1) is 17.8 Å². The van der Waals surface area contributed by atoms with Gasteiger partial charge in [0.25, 0.3) is 0 Å². The highest BCUT2D eigenvalue weighted by Crippen LogP contribution is 2.20. The van der Waals surface area contributed by atoms with E-state index in [-0.39, 0.29) is 6.04 Å². The molecule has 6 N–H and O–H groups in total. The molecule has 80 valence electrons. The van der Waals surface area contributed by atoms with Crippen molar-refractivity contribution in [2.75, 3.05) is 13.1 Å². The largest absolute Gasteiger partial charge is 0.330 e. The number of rotatable bonds is 6. The van der Waals surface area contributed by atoms with Crippen LogP contribution in [0.3, 0.4) is 0 Å². The van der Waals surface area contributed by atoms with Gasteiger partial charge in [0, 0.05) is 6.04 Å². The molecule has 0 aromatic heterocycles. The summed E-state index contributed by atoms with van der Waals surface area (Å²) in [5.74, 6) is 1.36. The molecule has 0 radical (unpaired) electrons. The molecule has 0 saturated carbocycles. The molecular formula is C10H25N3. The Labute approximate surface area is 82.0 Å². The van der Waals surface area contributed by atoms with Crippen molar-refractivity contribution in [3.05, 3.63) is 0 Å². The lowest BCUT2D eigenvalue weighted by Crippen LogP contribution is -2.45. The molecule has 0 fully saturated rings. The maximum atomic E-state index is 6.10. The van der Waals surface area contributed by atoms with Crippen molar-refractivity contribution < 1.29 is 0 Å². The molecule has 0 aromatic carbocycles. The Balaban J connectivity index is 4.21. The van der Waals surface area contributed by atoms with Gasteiger partial charge >= 0.3 is 0 Å². The minimum Gasteiger partial charge on any atom is -0.330 e. The number of hydrogen-bond donors (Lipinski definition) is 3. The zero-order chi connectivity index (χ0) is 10.4. The van der Waals surface area contributed by atoms with Crippen LogP contribution >= 0.6 is 0 Å². The van der Waals surface area contributed by atoms with E-state index in [9.17, 15) is 0 Å². The SMILES string of the molecule is CCC(C)C(CN)C(N)C(C)CN. The number of hydrogen-bond acceptors (Lipinski definition) is 3. The third-order valence-corrected chi connectivity index (χ3v) is 3.17.